The number of nitrogens with zero attached hydrogens (tertiary/aromatic N) is 2. The summed E-state index contributed by atoms with van der Waals surface area (Å²) in [6.45, 7) is 1.19. The lowest BCUT2D eigenvalue weighted by Crippen LogP contribution is -2.16. The van der Waals surface area contributed by atoms with E-state index in [1.165, 1.54) is 22.9 Å². The number of aliphatic carboxylic acids is 1. The van der Waals surface area contributed by atoms with Gasteiger partial charge in [-0.3, -0.25) is 9.78 Å². The van der Waals surface area contributed by atoms with E-state index in [4.69, 9.17) is 26.2 Å². The zero-order valence-electron chi connectivity index (χ0n) is 22.5. The summed E-state index contributed by atoms with van der Waals surface area (Å²) in [4.78, 5) is 15.0. The molecular formula is C33H30ClN3O4. The van der Waals surface area contributed by atoms with Crippen LogP contribution in [0.5, 0.6) is 11.5 Å². The normalized spacial score (nSPS) is 13.8. The van der Waals surface area contributed by atoms with Crippen LogP contribution in [0, 0.1) is 11.3 Å². The topological polar surface area (TPSA) is 104 Å². The monoisotopic (exact) mass is 567 g/mol. The third-order valence-corrected chi connectivity index (χ3v) is 7.36. The van der Waals surface area contributed by atoms with Crippen LogP contribution in [0.2, 0.25) is 5.02 Å². The SMILES string of the molecule is N#Cc1cncc(COc2cc(O[C@H]3CCc4c(-c5ccccc5)cccc43)c(Cl)cc2CNCCCC(=O)O)c1. The molecule has 1 aromatic heterocycles. The van der Waals surface area contributed by atoms with Crippen molar-refractivity contribution in [3.8, 4) is 28.7 Å². The van der Waals surface area contributed by atoms with Crippen molar-refractivity contribution in [1.82, 2.24) is 10.3 Å². The van der Waals surface area contributed by atoms with Crippen LogP contribution in [-0.2, 0) is 24.4 Å². The number of carboxylic acid groups (broad SMARTS) is 1. The first-order chi connectivity index (χ1) is 20.0. The van der Waals surface area contributed by atoms with E-state index in [2.05, 4.69) is 46.7 Å². The van der Waals surface area contributed by atoms with Crippen molar-refractivity contribution in [1.29, 1.82) is 5.26 Å². The zero-order chi connectivity index (χ0) is 28.6. The van der Waals surface area contributed by atoms with Crippen molar-refractivity contribution in [2.75, 3.05) is 6.54 Å². The van der Waals surface area contributed by atoms with Gasteiger partial charge < -0.3 is 19.9 Å². The molecule has 1 atom stereocenters. The highest BCUT2D eigenvalue weighted by molar-refractivity contribution is 6.32. The molecule has 3 aromatic carbocycles. The Kier molecular flexibility index (Phi) is 9.15. The number of hydrogen-bond donors (Lipinski definition) is 2. The first-order valence-corrected chi connectivity index (χ1v) is 13.9. The molecule has 5 rings (SSSR count). The van der Waals surface area contributed by atoms with Crippen LogP contribution in [0.1, 0.15) is 53.2 Å². The molecule has 1 aliphatic rings. The van der Waals surface area contributed by atoms with Crippen molar-refractivity contribution >= 4 is 17.6 Å². The van der Waals surface area contributed by atoms with E-state index < -0.39 is 5.97 Å². The molecule has 0 fully saturated rings. The Hall–Kier alpha value is -4.38. The summed E-state index contributed by atoms with van der Waals surface area (Å²) in [6, 6.07) is 24.2. The van der Waals surface area contributed by atoms with Gasteiger partial charge >= 0.3 is 5.97 Å². The second kappa shape index (κ2) is 13.3. The lowest BCUT2D eigenvalue weighted by Gasteiger charge is -2.20. The van der Waals surface area contributed by atoms with E-state index in [-0.39, 0.29) is 19.1 Å². The van der Waals surface area contributed by atoms with Crippen molar-refractivity contribution in [2.24, 2.45) is 0 Å². The minimum absolute atomic E-state index is 0.0982. The van der Waals surface area contributed by atoms with Crippen LogP contribution in [0.25, 0.3) is 11.1 Å². The summed E-state index contributed by atoms with van der Waals surface area (Å²) in [5.41, 5.74) is 6.91. The fraction of sp³-hybridized carbons (Fsp3) is 0.242. The number of aromatic nitrogens is 1. The van der Waals surface area contributed by atoms with Gasteiger partial charge in [0.25, 0.3) is 0 Å². The van der Waals surface area contributed by atoms with Crippen LogP contribution in [0.4, 0.5) is 0 Å². The molecule has 4 aromatic rings. The Labute approximate surface area is 244 Å². The molecule has 0 spiro atoms. The molecule has 7 nitrogen and oxygen atoms in total. The summed E-state index contributed by atoms with van der Waals surface area (Å²) >= 11 is 6.74. The molecule has 41 heavy (non-hydrogen) atoms. The first-order valence-electron chi connectivity index (χ1n) is 13.6. The second-order valence-electron chi connectivity index (χ2n) is 9.93. The summed E-state index contributed by atoms with van der Waals surface area (Å²) in [5, 5.41) is 21.9. The lowest BCUT2D eigenvalue weighted by molar-refractivity contribution is -0.137. The molecule has 0 saturated heterocycles. The Morgan fingerprint density at radius 1 is 1.10 bits per heavy atom. The largest absolute Gasteiger partial charge is 0.488 e. The quantitative estimate of drug-likeness (QED) is 0.180. The predicted molar refractivity (Wildman–Crippen MR) is 157 cm³/mol. The van der Waals surface area contributed by atoms with E-state index in [1.54, 1.807) is 12.3 Å². The number of nitriles is 1. The van der Waals surface area contributed by atoms with E-state index in [0.717, 1.165) is 29.5 Å². The van der Waals surface area contributed by atoms with Crippen LogP contribution in [-0.4, -0.2) is 22.6 Å². The summed E-state index contributed by atoms with van der Waals surface area (Å²) in [7, 11) is 0. The number of pyridine rings is 1. The second-order valence-corrected chi connectivity index (χ2v) is 10.3. The molecule has 8 heteroatoms. The Morgan fingerprint density at radius 3 is 2.76 bits per heavy atom. The number of ether oxygens (including phenoxy) is 2. The van der Waals surface area contributed by atoms with Crippen molar-refractivity contribution < 1.29 is 19.4 Å². The average Bonchev–Trinajstić information content (AvgIpc) is 3.40. The molecule has 0 radical (unpaired) electrons. The molecule has 1 heterocycles. The maximum absolute atomic E-state index is 10.8. The highest BCUT2D eigenvalue weighted by Gasteiger charge is 2.27. The number of halogens is 1. The number of benzene rings is 3. The molecule has 0 unspecified atom stereocenters. The third-order valence-electron chi connectivity index (χ3n) is 7.06. The summed E-state index contributed by atoms with van der Waals surface area (Å²) < 4.78 is 12.7. The van der Waals surface area contributed by atoms with Gasteiger partial charge in [0.15, 0.2) is 0 Å². The van der Waals surface area contributed by atoms with E-state index in [9.17, 15) is 10.1 Å². The minimum Gasteiger partial charge on any atom is -0.488 e. The molecule has 1 aliphatic carbocycles. The number of carboxylic acids is 1. The third kappa shape index (κ3) is 7.04. The first kappa shape index (κ1) is 28.2. The lowest BCUT2D eigenvalue weighted by atomic mass is 9.97. The average molecular weight is 568 g/mol. The fourth-order valence-corrected chi connectivity index (χ4v) is 5.33. The highest BCUT2D eigenvalue weighted by atomic mass is 35.5. The van der Waals surface area contributed by atoms with Crippen LogP contribution < -0.4 is 14.8 Å². The van der Waals surface area contributed by atoms with Gasteiger partial charge in [0.1, 0.15) is 30.3 Å². The van der Waals surface area contributed by atoms with Gasteiger partial charge in [-0.1, -0.05) is 60.1 Å². The van der Waals surface area contributed by atoms with Gasteiger partial charge in [-0.15, -0.1) is 0 Å². The van der Waals surface area contributed by atoms with E-state index in [0.29, 0.717) is 41.6 Å². The van der Waals surface area contributed by atoms with Gasteiger partial charge in [-0.2, -0.15) is 5.26 Å². The number of hydrogen-bond acceptors (Lipinski definition) is 6. The van der Waals surface area contributed by atoms with Gasteiger partial charge in [0.2, 0.25) is 0 Å². The standard InChI is InChI=1S/C33H30ClN3O4/c34-29-15-25(20-36-13-5-10-33(38)39)31(40-21-23-14-22(17-35)18-37-19-23)16-32(29)41-30-12-11-27-26(8-4-9-28(27)30)24-6-2-1-3-7-24/h1-4,6-9,14-16,18-19,30,36H,5,10-13,20-21H2,(H,38,39)/t30-/m0/s1. The van der Waals surface area contributed by atoms with Gasteiger partial charge in [-0.25, -0.2) is 0 Å². The Morgan fingerprint density at radius 2 is 1.95 bits per heavy atom. The van der Waals surface area contributed by atoms with Crippen LogP contribution in [0.15, 0.2) is 79.1 Å². The van der Waals surface area contributed by atoms with E-state index in [1.807, 2.05) is 30.3 Å². The molecule has 2 N–H and O–H groups in total. The number of rotatable bonds is 12. The fourth-order valence-electron chi connectivity index (χ4n) is 5.10. The highest BCUT2D eigenvalue weighted by Crippen LogP contribution is 2.42. The molecule has 0 aliphatic heterocycles. The molecular weight excluding hydrogens is 538 g/mol. The molecule has 0 saturated carbocycles. The van der Waals surface area contributed by atoms with Crippen LogP contribution in [0.3, 0.4) is 0 Å². The van der Waals surface area contributed by atoms with Crippen molar-refractivity contribution in [3.05, 3.63) is 112 Å². The van der Waals surface area contributed by atoms with Gasteiger partial charge in [0.05, 0.1) is 10.6 Å². The van der Waals surface area contributed by atoms with Crippen LogP contribution >= 0.6 is 11.6 Å². The number of fused-ring (bicyclic) bond motifs is 1. The number of carbonyl (C=O) groups is 1. The zero-order valence-corrected chi connectivity index (χ0v) is 23.2. The maximum atomic E-state index is 10.8. The smallest absolute Gasteiger partial charge is 0.303 e. The van der Waals surface area contributed by atoms with Crippen molar-refractivity contribution in [3.63, 3.8) is 0 Å². The van der Waals surface area contributed by atoms with Gasteiger partial charge in [0, 0.05) is 42.6 Å². The summed E-state index contributed by atoms with van der Waals surface area (Å²) in [5.74, 6) is 0.301. The molecule has 0 amide bonds. The van der Waals surface area contributed by atoms with E-state index >= 15 is 0 Å². The predicted octanol–water partition coefficient (Wildman–Crippen LogP) is 6.87. The number of nitrogens with one attached hydrogen (secondary N) is 1. The summed E-state index contributed by atoms with van der Waals surface area (Å²) in [6.07, 6.45) is 5.39. The molecule has 0 bridgehead atoms. The Balaban J connectivity index is 1.37. The Bertz CT molecular complexity index is 1570. The minimum atomic E-state index is -0.821. The molecule has 208 valence electrons. The van der Waals surface area contributed by atoms with Crippen molar-refractivity contribution in [2.45, 2.75) is 44.9 Å². The maximum Gasteiger partial charge on any atom is 0.303 e. The van der Waals surface area contributed by atoms with Gasteiger partial charge in [-0.05, 0) is 60.2 Å².